The van der Waals surface area contributed by atoms with Crippen LogP contribution in [0.5, 0.6) is 0 Å². The topological polar surface area (TPSA) is 81.8 Å². The Hall–Kier alpha value is -0.650. The minimum absolute atomic E-state index is 0.0848. The highest BCUT2D eigenvalue weighted by Gasteiger charge is 2.28. The van der Waals surface area contributed by atoms with Gasteiger partial charge in [0.25, 0.3) is 0 Å². The van der Waals surface area contributed by atoms with Gasteiger partial charge in [-0.25, -0.2) is 4.79 Å². The van der Waals surface area contributed by atoms with Crippen molar-refractivity contribution in [3.8, 4) is 0 Å². The second-order valence-electron chi connectivity index (χ2n) is 4.04. The monoisotopic (exact) mass is 217 g/mol. The van der Waals surface area contributed by atoms with Crippen LogP contribution in [0.25, 0.3) is 0 Å². The molecule has 1 aliphatic heterocycles. The highest BCUT2D eigenvalue weighted by molar-refractivity contribution is 5.74. The summed E-state index contributed by atoms with van der Waals surface area (Å²) in [4.78, 5) is 11.3. The molecule has 0 aliphatic carbocycles. The van der Waals surface area contributed by atoms with E-state index >= 15 is 0 Å². The molecule has 5 heteroatoms. The predicted molar refractivity (Wildman–Crippen MR) is 54.2 cm³/mol. The van der Waals surface area contributed by atoms with E-state index in [0.29, 0.717) is 12.8 Å². The van der Waals surface area contributed by atoms with Crippen LogP contribution in [0.1, 0.15) is 26.7 Å². The lowest BCUT2D eigenvalue weighted by atomic mass is 10.0. The number of hydrogen-bond donors (Lipinski definition) is 2. The lowest BCUT2D eigenvalue weighted by Gasteiger charge is -2.31. The Kier molecular flexibility index (Phi) is 4.50. The van der Waals surface area contributed by atoms with E-state index in [2.05, 4.69) is 0 Å². The lowest BCUT2D eigenvalue weighted by molar-refractivity contribution is -0.168. The van der Waals surface area contributed by atoms with Gasteiger partial charge in [-0.1, -0.05) is 0 Å². The van der Waals surface area contributed by atoms with Crippen LogP contribution in [0.4, 0.5) is 0 Å². The van der Waals surface area contributed by atoms with Gasteiger partial charge in [0.15, 0.2) is 6.10 Å². The largest absolute Gasteiger partial charge is 0.460 e. The summed E-state index contributed by atoms with van der Waals surface area (Å²) in [5.41, 5.74) is 5.16. The summed E-state index contributed by atoms with van der Waals surface area (Å²) in [5.74, 6) is -0.635. The van der Waals surface area contributed by atoms with Crippen molar-refractivity contribution in [2.45, 2.75) is 51.1 Å². The Bertz CT molecular complexity index is 211. The molecule has 1 aliphatic rings. The first-order valence-corrected chi connectivity index (χ1v) is 5.27. The summed E-state index contributed by atoms with van der Waals surface area (Å²) in [6.07, 6.45) is 0.139. The highest BCUT2D eigenvalue weighted by Crippen LogP contribution is 2.21. The Balaban J connectivity index is 2.40. The van der Waals surface area contributed by atoms with E-state index in [0.717, 1.165) is 0 Å². The van der Waals surface area contributed by atoms with Gasteiger partial charge in [0.2, 0.25) is 0 Å². The summed E-state index contributed by atoms with van der Waals surface area (Å²) in [6.45, 7) is 3.78. The number of aliphatic hydroxyl groups is 1. The maximum Gasteiger partial charge on any atom is 0.336 e. The molecule has 0 saturated carbocycles. The lowest BCUT2D eigenvalue weighted by Crippen LogP contribution is -2.39. The third-order valence-electron chi connectivity index (χ3n) is 2.43. The van der Waals surface area contributed by atoms with Gasteiger partial charge in [0, 0.05) is 19.4 Å². The fraction of sp³-hybridized carbons (Fsp3) is 0.900. The molecule has 1 rings (SSSR count). The first-order chi connectivity index (χ1) is 7.02. The molecule has 0 spiro atoms. The van der Waals surface area contributed by atoms with Crippen molar-refractivity contribution in [2.24, 2.45) is 5.73 Å². The fourth-order valence-electron chi connectivity index (χ4n) is 1.78. The van der Waals surface area contributed by atoms with Gasteiger partial charge in [0.1, 0.15) is 6.10 Å². The number of ether oxygens (including phenoxy) is 2. The van der Waals surface area contributed by atoms with Crippen LogP contribution < -0.4 is 5.73 Å². The quantitative estimate of drug-likeness (QED) is 0.640. The number of nitrogens with two attached hydrogens (primary N) is 1. The van der Waals surface area contributed by atoms with Crippen molar-refractivity contribution >= 4 is 5.97 Å². The molecule has 0 amide bonds. The summed E-state index contributed by atoms with van der Waals surface area (Å²) >= 11 is 0. The number of hydrogen-bond acceptors (Lipinski definition) is 5. The first-order valence-electron chi connectivity index (χ1n) is 5.27. The molecule has 3 unspecified atom stereocenters. The van der Waals surface area contributed by atoms with E-state index < -0.39 is 12.1 Å². The summed E-state index contributed by atoms with van der Waals surface area (Å²) in [5, 5.41) is 9.16. The molecule has 0 radical (unpaired) electrons. The molecule has 88 valence electrons. The van der Waals surface area contributed by atoms with Crippen molar-refractivity contribution in [1.29, 1.82) is 0 Å². The van der Waals surface area contributed by atoms with Crippen LogP contribution in [-0.2, 0) is 14.3 Å². The third kappa shape index (κ3) is 3.77. The van der Waals surface area contributed by atoms with Crippen LogP contribution >= 0.6 is 0 Å². The van der Waals surface area contributed by atoms with Crippen LogP contribution in [0.15, 0.2) is 0 Å². The number of rotatable bonds is 3. The van der Waals surface area contributed by atoms with Crippen LogP contribution in [0.2, 0.25) is 0 Å². The van der Waals surface area contributed by atoms with Gasteiger partial charge in [-0.2, -0.15) is 0 Å². The zero-order valence-electron chi connectivity index (χ0n) is 9.18. The average Bonchev–Trinajstić information content (AvgIpc) is 2.14. The molecule has 0 aromatic rings. The van der Waals surface area contributed by atoms with E-state index in [-0.39, 0.29) is 24.9 Å². The summed E-state index contributed by atoms with van der Waals surface area (Å²) < 4.78 is 10.6. The van der Waals surface area contributed by atoms with Crippen molar-refractivity contribution in [1.82, 2.24) is 0 Å². The summed E-state index contributed by atoms with van der Waals surface area (Å²) in [6, 6.07) is 0. The molecule has 1 fully saturated rings. The normalized spacial score (nSPS) is 33.5. The molecule has 5 nitrogen and oxygen atoms in total. The van der Waals surface area contributed by atoms with Crippen molar-refractivity contribution < 1.29 is 19.4 Å². The van der Waals surface area contributed by atoms with E-state index in [1.807, 2.05) is 13.8 Å². The van der Waals surface area contributed by atoms with Crippen LogP contribution in [-0.4, -0.2) is 42.0 Å². The van der Waals surface area contributed by atoms with E-state index in [4.69, 9.17) is 20.3 Å². The molecular formula is C10H19NO4. The van der Waals surface area contributed by atoms with Crippen molar-refractivity contribution in [3.05, 3.63) is 0 Å². The zero-order valence-corrected chi connectivity index (χ0v) is 9.18. The first kappa shape index (κ1) is 12.4. The predicted octanol–water partition coefficient (Wildman–Crippen LogP) is -0.195. The molecule has 3 atom stereocenters. The Morgan fingerprint density at radius 2 is 2.07 bits per heavy atom. The molecule has 0 aromatic carbocycles. The zero-order chi connectivity index (χ0) is 11.4. The maximum atomic E-state index is 11.3. The maximum absolute atomic E-state index is 11.3. The Morgan fingerprint density at radius 3 is 2.53 bits per heavy atom. The number of carbonyl (C=O) groups excluding carboxylic acids is 1. The molecule has 1 heterocycles. The molecule has 15 heavy (non-hydrogen) atoms. The SMILES string of the molecule is CC1CC(OC(=O)C(O)CN)CC(C)O1. The summed E-state index contributed by atoms with van der Waals surface area (Å²) in [7, 11) is 0. The molecule has 3 N–H and O–H groups in total. The molecule has 0 aromatic heterocycles. The van der Waals surface area contributed by atoms with Gasteiger partial charge < -0.3 is 20.3 Å². The Labute approximate surface area is 89.5 Å². The van der Waals surface area contributed by atoms with Gasteiger partial charge in [0.05, 0.1) is 12.2 Å². The van der Waals surface area contributed by atoms with E-state index in [9.17, 15) is 4.79 Å². The van der Waals surface area contributed by atoms with E-state index in [1.165, 1.54) is 0 Å². The number of aliphatic hydroxyl groups excluding tert-OH is 1. The second kappa shape index (κ2) is 5.44. The number of esters is 1. The molecular weight excluding hydrogens is 198 g/mol. The van der Waals surface area contributed by atoms with Gasteiger partial charge in [-0.3, -0.25) is 0 Å². The number of carbonyl (C=O) groups is 1. The second-order valence-corrected chi connectivity index (χ2v) is 4.04. The van der Waals surface area contributed by atoms with Gasteiger partial charge in [-0.05, 0) is 13.8 Å². The molecule has 0 bridgehead atoms. The standard InChI is InChI=1S/C10H19NO4/c1-6-3-8(4-7(2)14-6)15-10(13)9(12)5-11/h6-9,12H,3-5,11H2,1-2H3. The smallest absolute Gasteiger partial charge is 0.336 e. The van der Waals surface area contributed by atoms with Crippen molar-refractivity contribution in [3.63, 3.8) is 0 Å². The Morgan fingerprint density at radius 1 is 1.53 bits per heavy atom. The van der Waals surface area contributed by atoms with E-state index in [1.54, 1.807) is 0 Å². The minimum Gasteiger partial charge on any atom is -0.460 e. The van der Waals surface area contributed by atoms with Gasteiger partial charge in [-0.15, -0.1) is 0 Å². The van der Waals surface area contributed by atoms with Crippen LogP contribution in [0, 0.1) is 0 Å². The average molecular weight is 217 g/mol. The van der Waals surface area contributed by atoms with Crippen molar-refractivity contribution in [2.75, 3.05) is 6.54 Å². The van der Waals surface area contributed by atoms with Crippen LogP contribution in [0.3, 0.4) is 0 Å². The third-order valence-corrected chi connectivity index (χ3v) is 2.43. The van der Waals surface area contributed by atoms with Gasteiger partial charge >= 0.3 is 5.97 Å². The molecule has 1 saturated heterocycles. The fourth-order valence-corrected chi connectivity index (χ4v) is 1.78. The highest BCUT2D eigenvalue weighted by atomic mass is 16.6. The minimum atomic E-state index is -1.21.